The topological polar surface area (TPSA) is 96.0 Å². The second-order valence-electron chi connectivity index (χ2n) is 9.58. The molecule has 3 aromatic carbocycles. The summed E-state index contributed by atoms with van der Waals surface area (Å²) in [4.78, 5) is 28.5. The van der Waals surface area contributed by atoms with Crippen LogP contribution in [-0.4, -0.2) is 50.9 Å². The van der Waals surface area contributed by atoms with E-state index in [1.807, 2.05) is 45.0 Å². The summed E-state index contributed by atoms with van der Waals surface area (Å²) in [5.74, 6) is -0.186. The smallest absolute Gasteiger partial charge is 0.264 e. The molecule has 3 rings (SSSR count). The fraction of sp³-hybridized carbons (Fsp3) is 0.355. The van der Waals surface area contributed by atoms with Crippen molar-refractivity contribution in [3.05, 3.63) is 90.0 Å². The number of carbonyl (C=O) groups is 2. The lowest BCUT2D eigenvalue weighted by molar-refractivity contribution is -0.139. The number of hydrogen-bond donors (Lipinski definition) is 1. The van der Waals surface area contributed by atoms with Gasteiger partial charge in [0.15, 0.2) is 0 Å². The van der Waals surface area contributed by atoms with Gasteiger partial charge in [0.1, 0.15) is 18.3 Å². The van der Waals surface area contributed by atoms with Crippen molar-refractivity contribution in [1.29, 1.82) is 0 Å². The number of nitrogens with zero attached hydrogens (tertiary/aromatic N) is 2. The highest BCUT2D eigenvalue weighted by atomic mass is 32.2. The van der Waals surface area contributed by atoms with Crippen LogP contribution in [0.1, 0.15) is 44.7 Å². The highest BCUT2D eigenvalue weighted by Gasteiger charge is 2.32. The molecule has 3 aromatic rings. The van der Waals surface area contributed by atoms with Gasteiger partial charge in [0.05, 0.1) is 17.2 Å². The SMILES string of the molecule is CCCCNC(=O)C(C)N(Cc1cccc(C)c1)C(=O)CN(c1ccc(OCC)cc1)S(=O)(=O)c1ccccc1. The third-order valence-electron chi connectivity index (χ3n) is 6.48. The zero-order valence-electron chi connectivity index (χ0n) is 23.7. The first kappa shape index (κ1) is 30.7. The molecule has 0 aliphatic rings. The standard InChI is InChI=1S/C31H39N3O5S/c1-5-7-20-32-31(36)25(4)33(22-26-13-11-12-24(3)21-26)30(35)23-34(27-16-18-28(19-17-27)39-6-2)40(37,38)29-14-9-8-10-15-29/h8-19,21,25H,5-7,20,22-23H2,1-4H3,(H,32,36). The first-order valence-electron chi connectivity index (χ1n) is 13.6. The molecule has 0 aromatic heterocycles. The van der Waals surface area contributed by atoms with Crippen molar-refractivity contribution in [1.82, 2.24) is 10.2 Å². The van der Waals surface area contributed by atoms with E-state index in [1.54, 1.807) is 49.4 Å². The van der Waals surface area contributed by atoms with Crippen molar-refractivity contribution in [2.75, 3.05) is 24.0 Å². The Bertz CT molecular complexity index is 1360. The first-order valence-corrected chi connectivity index (χ1v) is 15.0. The minimum Gasteiger partial charge on any atom is -0.494 e. The average Bonchev–Trinajstić information content (AvgIpc) is 2.95. The number of hydrogen-bond acceptors (Lipinski definition) is 5. The summed E-state index contributed by atoms with van der Waals surface area (Å²) in [6, 6.07) is 21.4. The normalized spacial score (nSPS) is 11.9. The van der Waals surface area contributed by atoms with Crippen LogP contribution in [0.15, 0.2) is 83.8 Å². The van der Waals surface area contributed by atoms with E-state index in [-0.39, 0.29) is 17.3 Å². The second kappa shape index (κ2) is 14.5. The fourth-order valence-corrected chi connectivity index (χ4v) is 5.68. The zero-order chi connectivity index (χ0) is 29.1. The molecule has 214 valence electrons. The van der Waals surface area contributed by atoms with Gasteiger partial charge < -0.3 is 15.0 Å². The van der Waals surface area contributed by atoms with Crippen LogP contribution in [0.3, 0.4) is 0 Å². The minimum atomic E-state index is -4.11. The maximum Gasteiger partial charge on any atom is 0.264 e. The number of amides is 2. The molecule has 0 bridgehead atoms. The molecule has 1 atom stereocenters. The van der Waals surface area contributed by atoms with Gasteiger partial charge in [-0.15, -0.1) is 0 Å². The highest BCUT2D eigenvalue weighted by Crippen LogP contribution is 2.26. The van der Waals surface area contributed by atoms with Crippen molar-refractivity contribution in [3.8, 4) is 5.75 Å². The van der Waals surface area contributed by atoms with Gasteiger partial charge in [0, 0.05) is 13.1 Å². The molecule has 40 heavy (non-hydrogen) atoms. The Morgan fingerprint density at radius 2 is 1.65 bits per heavy atom. The van der Waals surface area contributed by atoms with Crippen molar-refractivity contribution < 1.29 is 22.7 Å². The predicted octanol–water partition coefficient (Wildman–Crippen LogP) is 4.92. The molecule has 8 nitrogen and oxygen atoms in total. The van der Waals surface area contributed by atoms with Crippen LogP contribution in [0.25, 0.3) is 0 Å². The number of unbranched alkanes of at least 4 members (excludes halogenated alkanes) is 1. The van der Waals surface area contributed by atoms with E-state index in [1.165, 1.54) is 17.0 Å². The zero-order valence-corrected chi connectivity index (χ0v) is 24.5. The largest absolute Gasteiger partial charge is 0.494 e. The molecule has 0 spiro atoms. The van der Waals surface area contributed by atoms with Crippen LogP contribution in [0.4, 0.5) is 5.69 Å². The molecule has 9 heteroatoms. The van der Waals surface area contributed by atoms with Gasteiger partial charge in [-0.3, -0.25) is 13.9 Å². The number of sulfonamides is 1. The van der Waals surface area contributed by atoms with E-state index in [0.29, 0.717) is 24.6 Å². The third-order valence-corrected chi connectivity index (χ3v) is 8.27. The fourth-order valence-electron chi connectivity index (χ4n) is 4.25. The Labute approximate surface area is 238 Å². The lowest BCUT2D eigenvalue weighted by Gasteiger charge is -2.32. The summed E-state index contributed by atoms with van der Waals surface area (Å²) in [5, 5.41) is 2.90. The Morgan fingerprint density at radius 3 is 2.27 bits per heavy atom. The van der Waals surface area contributed by atoms with E-state index in [9.17, 15) is 18.0 Å². The monoisotopic (exact) mass is 565 g/mol. The van der Waals surface area contributed by atoms with Crippen LogP contribution in [0.2, 0.25) is 0 Å². The molecule has 1 unspecified atom stereocenters. The van der Waals surface area contributed by atoms with E-state index in [4.69, 9.17) is 4.74 Å². The van der Waals surface area contributed by atoms with Crippen molar-refractivity contribution in [3.63, 3.8) is 0 Å². The predicted molar refractivity (Wildman–Crippen MR) is 158 cm³/mol. The van der Waals surface area contributed by atoms with Crippen molar-refractivity contribution in [2.24, 2.45) is 0 Å². The molecule has 0 radical (unpaired) electrons. The van der Waals surface area contributed by atoms with Gasteiger partial charge in [-0.25, -0.2) is 8.42 Å². The Balaban J connectivity index is 1.99. The van der Waals surface area contributed by atoms with Crippen molar-refractivity contribution >= 4 is 27.5 Å². The number of rotatable bonds is 14. The summed E-state index contributed by atoms with van der Waals surface area (Å²) in [7, 11) is -4.11. The quantitative estimate of drug-likeness (QED) is 0.280. The number of aryl methyl sites for hydroxylation is 1. The van der Waals surface area contributed by atoms with Crippen LogP contribution >= 0.6 is 0 Å². The number of nitrogens with one attached hydrogen (secondary N) is 1. The van der Waals surface area contributed by atoms with Crippen LogP contribution in [0.5, 0.6) is 5.75 Å². The minimum absolute atomic E-state index is 0.0623. The van der Waals surface area contributed by atoms with Crippen molar-refractivity contribution in [2.45, 2.75) is 58.0 Å². The summed E-state index contributed by atoms with van der Waals surface area (Å²) < 4.78 is 34.3. The lowest BCUT2D eigenvalue weighted by atomic mass is 10.1. The van der Waals surface area contributed by atoms with Crippen LogP contribution < -0.4 is 14.4 Å². The summed E-state index contributed by atoms with van der Waals surface area (Å²) in [6.45, 7) is 8.17. The number of carbonyl (C=O) groups excluding carboxylic acids is 2. The molecule has 0 aliphatic carbocycles. The Morgan fingerprint density at radius 1 is 0.950 bits per heavy atom. The van der Waals surface area contributed by atoms with Crippen LogP contribution in [0, 0.1) is 6.92 Å². The first-order chi connectivity index (χ1) is 19.2. The van der Waals surface area contributed by atoms with Gasteiger partial charge >= 0.3 is 0 Å². The molecule has 2 amide bonds. The van der Waals surface area contributed by atoms with E-state index in [2.05, 4.69) is 5.32 Å². The summed E-state index contributed by atoms with van der Waals surface area (Å²) in [5.41, 5.74) is 2.18. The molecule has 0 fully saturated rings. The number of anilines is 1. The molecule has 0 saturated carbocycles. The Kier molecular flexibility index (Phi) is 11.1. The van der Waals surface area contributed by atoms with E-state index in [0.717, 1.165) is 28.3 Å². The molecule has 0 aliphatic heterocycles. The maximum atomic E-state index is 14.0. The van der Waals surface area contributed by atoms with Gasteiger partial charge in [-0.1, -0.05) is 61.4 Å². The number of benzene rings is 3. The maximum absolute atomic E-state index is 14.0. The molecule has 0 heterocycles. The summed E-state index contributed by atoms with van der Waals surface area (Å²) >= 11 is 0. The van der Waals surface area contributed by atoms with Gasteiger partial charge in [-0.05, 0) is 69.2 Å². The third kappa shape index (κ3) is 8.08. The molecular weight excluding hydrogens is 526 g/mol. The van der Waals surface area contributed by atoms with Gasteiger partial charge in [0.2, 0.25) is 11.8 Å². The van der Waals surface area contributed by atoms with Gasteiger partial charge in [0.25, 0.3) is 10.0 Å². The molecule has 1 N–H and O–H groups in total. The van der Waals surface area contributed by atoms with E-state index >= 15 is 0 Å². The second-order valence-corrected chi connectivity index (χ2v) is 11.4. The molecule has 0 saturated heterocycles. The Hall–Kier alpha value is -3.85. The van der Waals surface area contributed by atoms with Gasteiger partial charge in [-0.2, -0.15) is 0 Å². The average molecular weight is 566 g/mol. The molecular formula is C31H39N3O5S. The number of ether oxygens (including phenoxy) is 1. The lowest BCUT2D eigenvalue weighted by Crippen LogP contribution is -2.51. The van der Waals surface area contributed by atoms with E-state index < -0.39 is 28.5 Å². The summed E-state index contributed by atoms with van der Waals surface area (Å²) in [6.07, 6.45) is 1.75. The highest BCUT2D eigenvalue weighted by molar-refractivity contribution is 7.92. The van der Waals surface area contributed by atoms with Crippen LogP contribution in [-0.2, 0) is 26.2 Å².